The Balaban J connectivity index is 2.04. The Bertz CT molecular complexity index is 786. The van der Waals surface area contributed by atoms with E-state index in [0.717, 1.165) is 11.1 Å². The largest absolute Gasteiger partial charge is 0.341 e. The SMILES string of the molecule is CNC(=O)NC(=O)C(C)N1CCN(S(=O)(=O)c2cc(C)ccc2C)CC1. The van der Waals surface area contributed by atoms with Crippen molar-refractivity contribution in [1.29, 1.82) is 0 Å². The maximum Gasteiger partial charge on any atom is 0.321 e. The van der Waals surface area contributed by atoms with E-state index in [-0.39, 0.29) is 0 Å². The summed E-state index contributed by atoms with van der Waals surface area (Å²) in [5, 5.41) is 4.58. The summed E-state index contributed by atoms with van der Waals surface area (Å²) in [6.45, 7) is 6.80. The van der Waals surface area contributed by atoms with Crippen LogP contribution in [0.3, 0.4) is 0 Å². The van der Waals surface area contributed by atoms with E-state index in [0.29, 0.717) is 31.1 Å². The molecule has 1 heterocycles. The first-order valence-corrected chi connectivity index (χ1v) is 9.95. The number of nitrogens with one attached hydrogen (secondary N) is 2. The Kier molecular flexibility index (Phi) is 6.38. The molecule has 1 aliphatic heterocycles. The molecule has 1 saturated heterocycles. The summed E-state index contributed by atoms with van der Waals surface area (Å²) in [5.41, 5.74) is 1.61. The lowest BCUT2D eigenvalue weighted by molar-refractivity contribution is -0.125. The van der Waals surface area contributed by atoms with Gasteiger partial charge in [0.2, 0.25) is 15.9 Å². The molecule has 1 aromatic rings. The number of nitrogens with zero attached hydrogens (tertiary/aromatic N) is 2. The van der Waals surface area contributed by atoms with Crippen LogP contribution in [0.25, 0.3) is 0 Å². The van der Waals surface area contributed by atoms with Crippen molar-refractivity contribution >= 4 is 22.0 Å². The molecule has 0 aromatic heterocycles. The van der Waals surface area contributed by atoms with E-state index in [2.05, 4.69) is 10.6 Å². The molecule has 0 radical (unpaired) electrons. The van der Waals surface area contributed by atoms with Crippen molar-refractivity contribution in [2.45, 2.75) is 31.7 Å². The summed E-state index contributed by atoms with van der Waals surface area (Å²) >= 11 is 0. The molecule has 2 N–H and O–H groups in total. The van der Waals surface area contributed by atoms with Crippen LogP contribution in [0, 0.1) is 13.8 Å². The summed E-state index contributed by atoms with van der Waals surface area (Å²) in [7, 11) is -2.13. The van der Waals surface area contributed by atoms with Crippen molar-refractivity contribution in [2.75, 3.05) is 33.2 Å². The second-order valence-corrected chi connectivity index (χ2v) is 8.36. The third-order valence-electron chi connectivity index (χ3n) is 4.63. The Hall–Kier alpha value is -1.97. The standard InChI is InChI=1S/C17H26N4O4S/c1-12-5-6-13(2)15(11-12)26(24,25)21-9-7-20(8-10-21)14(3)16(22)19-17(23)18-4/h5-6,11,14H,7-10H2,1-4H3,(H2,18,19,22,23). The molecule has 0 aliphatic carbocycles. The second kappa shape index (κ2) is 8.15. The highest BCUT2D eigenvalue weighted by Crippen LogP contribution is 2.22. The minimum atomic E-state index is -3.57. The number of piperazine rings is 1. The van der Waals surface area contributed by atoms with Crippen molar-refractivity contribution in [3.8, 4) is 0 Å². The van der Waals surface area contributed by atoms with E-state index in [1.54, 1.807) is 19.9 Å². The van der Waals surface area contributed by atoms with E-state index >= 15 is 0 Å². The number of carbonyl (C=O) groups excluding carboxylic acids is 2. The summed E-state index contributed by atoms with van der Waals surface area (Å²) in [4.78, 5) is 25.5. The first-order valence-electron chi connectivity index (χ1n) is 8.51. The Morgan fingerprint density at radius 1 is 1.12 bits per heavy atom. The number of carbonyl (C=O) groups is 2. The molecule has 1 unspecified atom stereocenters. The number of rotatable bonds is 4. The van der Waals surface area contributed by atoms with E-state index < -0.39 is 28.0 Å². The molecule has 0 spiro atoms. The number of sulfonamides is 1. The maximum absolute atomic E-state index is 12.9. The zero-order valence-corrected chi connectivity index (χ0v) is 16.4. The van der Waals surface area contributed by atoms with Crippen molar-refractivity contribution in [2.24, 2.45) is 0 Å². The van der Waals surface area contributed by atoms with Gasteiger partial charge < -0.3 is 5.32 Å². The van der Waals surface area contributed by atoms with Crippen LogP contribution in [0.4, 0.5) is 4.79 Å². The minimum Gasteiger partial charge on any atom is -0.341 e. The van der Waals surface area contributed by atoms with Gasteiger partial charge in [-0.25, -0.2) is 13.2 Å². The second-order valence-electron chi connectivity index (χ2n) is 6.45. The lowest BCUT2D eigenvalue weighted by atomic mass is 10.2. The molecule has 2 rings (SSSR count). The van der Waals surface area contributed by atoms with Gasteiger partial charge in [0.15, 0.2) is 0 Å². The fourth-order valence-electron chi connectivity index (χ4n) is 2.90. The first kappa shape index (κ1) is 20.3. The molecule has 8 nitrogen and oxygen atoms in total. The molecule has 0 saturated carbocycles. The van der Waals surface area contributed by atoms with Gasteiger partial charge in [-0.15, -0.1) is 0 Å². The Morgan fingerprint density at radius 2 is 1.73 bits per heavy atom. The molecule has 1 atom stereocenters. The van der Waals surface area contributed by atoms with Crippen molar-refractivity contribution < 1.29 is 18.0 Å². The molecule has 0 bridgehead atoms. The molecule has 26 heavy (non-hydrogen) atoms. The van der Waals surface area contributed by atoms with E-state index in [4.69, 9.17) is 0 Å². The van der Waals surface area contributed by atoms with Crippen molar-refractivity contribution in [3.05, 3.63) is 29.3 Å². The number of amides is 3. The fraction of sp³-hybridized carbons (Fsp3) is 0.529. The van der Waals surface area contributed by atoms with E-state index in [1.165, 1.54) is 11.4 Å². The lowest BCUT2D eigenvalue weighted by Crippen LogP contribution is -2.56. The van der Waals surface area contributed by atoms with Crippen molar-refractivity contribution in [1.82, 2.24) is 19.8 Å². The minimum absolute atomic E-state index is 0.299. The molecular weight excluding hydrogens is 356 g/mol. The van der Waals surface area contributed by atoms with Gasteiger partial charge in [-0.3, -0.25) is 15.0 Å². The Labute approximate surface area is 154 Å². The molecule has 144 valence electrons. The van der Waals surface area contributed by atoms with Gasteiger partial charge in [-0.1, -0.05) is 12.1 Å². The number of urea groups is 1. The quantitative estimate of drug-likeness (QED) is 0.788. The monoisotopic (exact) mass is 382 g/mol. The Morgan fingerprint density at radius 3 is 2.31 bits per heavy atom. The van der Waals surface area contributed by atoms with Gasteiger partial charge in [-0.05, 0) is 38.0 Å². The number of hydrogen-bond acceptors (Lipinski definition) is 5. The van der Waals surface area contributed by atoms with Gasteiger partial charge >= 0.3 is 6.03 Å². The van der Waals surface area contributed by atoms with Gasteiger partial charge in [0.05, 0.1) is 10.9 Å². The number of hydrogen-bond donors (Lipinski definition) is 2. The molecule has 1 aromatic carbocycles. The van der Waals surface area contributed by atoms with Gasteiger partial charge in [-0.2, -0.15) is 4.31 Å². The maximum atomic E-state index is 12.9. The van der Waals surface area contributed by atoms with Crippen LogP contribution in [-0.4, -0.2) is 68.8 Å². The van der Waals surface area contributed by atoms with Crippen LogP contribution in [0.1, 0.15) is 18.1 Å². The highest BCUT2D eigenvalue weighted by Gasteiger charge is 2.32. The van der Waals surface area contributed by atoms with Gasteiger partial charge in [0.1, 0.15) is 0 Å². The zero-order valence-electron chi connectivity index (χ0n) is 15.6. The lowest BCUT2D eigenvalue weighted by Gasteiger charge is -2.36. The third kappa shape index (κ3) is 4.40. The topological polar surface area (TPSA) is 98.8 Å². The van der Waals surface area contributed by atoms with Gasteiger partial charge in [0, 0.05) is 33.2 Å². The number of aryl methyl sites for hydroxylation is 2. The molecule has 9 heteroatoms. The smallest absolute Gasteiger partial charge is 0.321 e. The molecule has 1 aliphatic rings. The summed E-state index contributed by atoms with van der Waals surface area (Å²) in [6.07, 6.45) is 0. The van der Waals surface area contributed by atoms with Crippen LogP contribution < -0.4 is 10.6 Å². The van der Waals surface area contributed by atoms with Crippen LogP contribution in [0.5, 0.6) is 0 Å². The van der Waals surface area contributed by atoms with Crippen LogP contribution in [-0.2, 0) is 14.8 Å². The highest BCUT2D eigenvalue weighted by atomic mass is 32.2. The molecular formula is C17H26N4O4S. The average molecular weight is 382 g/mol. The van der Waals surface area contributed by atoms with E-state index in [9.17, 15) is 18.0 Å². The third-order valence-corrected chi connectivity index (χ3v) is 6.67. The number of benzene rings is 1. The summed E-state index contributed by atoms with van der Waals surface area (Å²) in [5.74, 6) is -0.407. The van der Waals surface area contributed by atoms with Crippen LogP contribution in [0.2, 0.25) is 0 Å². The van der Waals surface area contributed by atoms with Crippen LogP contribution in [0.15, 0.2) is 23.1 Å². The highest BCUT2D eigenvalue weighted by molar-refractivity contribution is 7.89. The first-order chi connectivity index (χ1) is 12.2. The predicted octanol–water partition coefficient (Wildman–Crippen LogP) is 0.454. The normalized spacial score (nSPS) is 17.5. The molecule has 1 fully saturated rings. The molecule has 3 amide bonds. The summed E-state index contributed by atoms with van der Waals surface area (Å²) < 4.78 is 27.3. The zero-order chi connectivity index (χ0) is 19.5. The summed E-state index contributed by atoms with van der Waals surface area (Å²) in [6, 6.07) is 4.31. The van der Waals surface area contributed by atoms with Crippen LogP contribution >= 0.6 is 0 Å². The number of imide groups is 1. The fourth-order valence-corrected chi connectivity index (χ4v) is 4.63. The van der Waals surface area contributed by atoms with Crippen molar-refractivity contribution in [3.63, 3.8) is 0 Å². The van der Waals surface area contributed by atoms with Gasteiger partial charge in [0.25, 0.3) is 0 Å². The van der Waals surface area contributed by atoms with E-state index in [1.807, 2.05) is 24.0 Å². The average Bonchev–Trinajstić information content (AvgIpc) is 2.62. The predicted molar refractivity (Wildman–Crippen MR) is 98.3 cm³/mol.